The lowest BCUT2D eigenvalue weighted by atomic mass is 10.0. The standard InChI is InChI=1S/C23H27F3N2O3/c1-3-31-21-12-16(9-10-20(21)30-2)14-27-19(15-28-11-5-8-22(28)29)17-6-4-7-18(13-17)23(24,25)26/h4,6-7,9-10,12-13,19,27H,3,5,8,11,14-15H2,1-2H3. The van der Waals surface area contributed by atoms with Crippen molar-refractivity contribution in [3.8, 4) is 11.5 Å². The van der Waals surface area contributed by atoms with E-state index in [1.54, 1.807) is 24.1 Å². The summed E-state index contributed by atoms with van der Waals surface area (Å²) in [6.07, 6.45) is -3.18. The van der Waals surface area contributed by atoms with Crippen molar-refractivity contribution >= 4 is 5.91 Å². The maximum atomic E-state index is 13.2. The minimum absolute atomic E-state index is 0.0295. The number of methoxy groups -OCH3 is 1. The van der Waals surface area contributed by atoms with Gasteiger partial charge in [0.25, 0.3) is 0 Å². The van der Waals surface area contributed by atoms with Crippen LogP contribution in [-0.2, 0) is 17.5 Å². The molecule has 0 saturated carbocycles. The Bertz CT molecular complexity index is 902. The highest BCUT2D eigenvalue weighted by atomic mass is 19.4. The number of rotatable bonds is 9. The summed E-state index contributed by atoms with van der Waals surface area (Å²) in [6, 6.07) is 10.3. The van der Waals surface area contributed by atoms with Crippen molar-refractivity contribution in [1.29, 1.82) is 0 Å². The zero-order chi connectivity index (χ0) is 22.4. The molecule has 0 aromatic heterocycles. The van der Waals surface area contributed by atoms with Gasteiger partial charge in [-0.25, -0.2) is 0 Å². The third-order valence-corrected chi connectivity index (χ3v) is 5.27. The lowest BCUT2D eigenvalue weighted by Gasteiger charge is -2.26. The Morgan fingerprint density at radius 1 is 1.16 bits per heavy atom. The second kappa shape index (κ2) is 10.0. The second-order valence-corrected chi connectivity index (χ2v) is 7.42. The highest BCUT2D eigenvalue weighted by Gasteiger charge is 2.31. The number of likely N-dealkylation sites (tertiary alicyclic amines) is 1. The molecule has 0 radical (unpaired) electrons. The first-order valence-corrected chi connectivity index (χ1v) is 10.3. The fourth-order valence-electron chi connectivity index (χ4n) is 3.68. The average molecular weight is 436 g/mol. The molecule has 1 unspecified atom stereocenters. The number of amides is 1. The zero-order valence-corrected chi connectivity index (χ0v) is 17.7. The predicted molar refractivity (Wildman–Crippen MR) is 111 cm³/mol. The highest BCUT2D eigenvalue weighted by molar-refractivity contribution is 5.78. The Labute approximate surface area is 180 Å². The fourth-order valence-corrected chi connectivity index (χ4v) is 3.68. The molecule has 168 valence electrons. The number of ether oxygens (including phenoxy) is 2. The van der Waals surface area contributed by atoms with Gasteiger partial charge < -0.3 is 19.7 Å². The van der Waals surface area contributed by atoms with Crippen LogP contribution in [0.2, 0.25) is 0 Å². The summed E-state index contributed by atoms with van der Waals surface area (Å²) < 4.78 is 50.6. The molecule has 1 atom stereocenters. The largest absolute Gasteiger partial charge is 0.493 e. The van der Waals surface area contributed by atoms with Crippen LogP contribution in [0.5, 0.6) is 11.5 Å². The van der Waals surface area contributed by atoms with E-state index in [0.29, 0.717) is 49.7 Å². The van der Waals surface area contributed by atoms with Crippen LogP contribution in [0.3, 0.4) is 0 Å². The van der Waals surface area contributed by atoms with Gasteiger partial charge in [0.1, 0.15) is 0 Å². The van der Waals surface area contributed by atoms with Crippen molar-refractivity contribution in [3.05, 3.63) is 59.2 Å². The molecule has 1 fully saturated rings. The number of halogens is 3. The monoisotopic (exact) mass is 436 g/mol. The normalized spacial score (nSPS) is 15.3. The first-order valence-electron chi connectivity index (χ1n) is 10.3. The molecule has 0 spiro atoms. The Morgan fingerprint density at radius 3 is 2.61 bits per heavy atom. The molecule has 3 rings (SSSR count). The van der Waals surface area contributed by atoms with Crippen molar-refractivity contribution in [1.82, 2.24) is 10.2 Å². The van der Waals surface area contributed by atoms with Crippen LogP contribution in [0, 0.1) is 0 Å². The van der Waals surface area contributed by atoms with Crippen molar-refractivity contribution < 1.29 is 27.4 Å². The molecular weight excluding hydrogens is 409 g/mol. The quantitative estimate of drug-likeness (QED) is 0.626. The van der Waals surface area contributed by atoms with E-state index < -0.39 is 17.8 Å². The first-order chi connectivity index (χ1) is 14.8. The van der Waals surface area contributed by atoms with Crippen LogP contribution in [0.4, 0.5) is 13.2 Å². The maximum absolute atomic E-state index is 13.2. The van der Waals surface area contributed by atoms with E-state index in [9.17, 15) is 18.0 Å². The van der Waals surface area contributed by atoms with Crippen LogP contribution < -0.4 is 14.8 Å². The molecule has 5 nitrogen and oxygen atoms in total. The summed E-state index contributed by atoms with van der Waals surface area (Å²) in [6.45, 7) is 3.69. The van der Waals surface area contributed by atoms with E-state index in [1.165, 1.54) is 6.07 Å². The number of nitrogens with zero attached hydrogens (tertiary/aromatic N) is 1. The number of carbonyl (C=O) groups is 1. The smallest absolute Gasteiger partial charge is 0.416 e. The third-order valence-electron chi connectivity index (χ3n) is 5.27. The van der Waals surface area contributed by atoms with E-state index in [2.05, 4.69) is 5.32 Å². The lowest BCUT2D eigenvalue weighted by Crippen LogP contribution is -2.36. The zero-order valence-electron chi connectivity index (χ0n) is 17.7. The van der Waals surface area contributed by atoms with E-state index in [1.807, 2.05) is 19.1 Å². The van der Waals surface area contributed by atoms with E-state index >= 15 is 0 Å². The van der Waals surface area contributed by atoms with E-state index in [-0.39, 0.29) is 5.91 Å². The highest BCUT2D eigenvalue weighted by Crippen LogP contribution is 2.32. The molecule has 8 heteroatoms. The summed E-state index contributed by atoms with van der Waals surface area (Å²) in [5.74, 6) is 1.25. The maximum Gasteiger partial charge on any atom is 0.416 e. The van der Waals surface area contributed by atoms with Gasteiger partial charge in [-0.15, -0.1) is 0 Å². The van der Waals surface area contributed by atoms with Crippen molar-refractivity contribution in [3.63, 3.8) is 0 Å². The molecule has 1 aliphatic rings. The van der Waals surface area contributed by atoms with Crippen molar-refractivity contribution in [2.24, 2.45) is 0 Å². The minimum atomic E-state index is -4.42. The molecule has 1 aliphatic heterocycles. The Morgan fingerprint density at radius 2 is 1.97 bits per heavy atom. The number of nitrogens with one attached hydrogen (secondary N) is 1. The van der Waals surface area contributed by atoms with Crippen LogP contribution in [0.15, 0.2) is 42.5 Å². The Hall–Kier alpha value is -2.74. The molecule has 0 bridgehead atoms. The van der Waals surface area contributed by atoms with Gasteiger partial charge >= 0.3 is 6.18 Å². The Balaban J connectivity index is 1.82. The van der Waals surface area contributed by atoms with Gasteiger partial charge in [0, 0.05) is 26.1 Å². The molecule has 2 aromatic rings. The molecule has 0 aliphatic carbocycles. The van der Waals surface area contributed by atoms with Gasteiger partial charge in [0.2, 0.25) is 5.91 Å². The van der Waals surface area contributed by atoms with Gasteiger partial charge in [-0.05, 0) is 48.7 Å². The van der Waals surface area contributed by atoms with Gasteiger partial charge in [0.15, 0.2) is 11.5 Å². The summed E-state index contributed by atoms with van der Waals surface area (Å²) in [4.78, 5) is 13.8. The molecular formula is C23H27F3N2O3. The topological polar surface area (TPSA) is 50.8 Å². The molecule has 2 aromatic carbocycles. The average Bonchev–Trinajstić information content (AvgIpc) is 3.15. The molecule has 1 saturated heterocycles. The fraction of sp³-hybridized carbons (Fsp3) is 0.435. The van der Waals surface area contributed by atoms with E-state index in [4.69, 9.17) is 9.47 Å². The predicted octanol–water partition coefficient (Wildman–Crippen LogP) is 4.57. The molecule has 1 heterocycles. The number of carbonyl (C=O) groups excluding carboxylic acids is 1. The van der Waals surface area contributed by atoms with Gasteiger partial charge in [0.05, 0.1) is 25.3 Å². The van der Waals surface area contributed by atoms with Crippen LogP contribution >= 0.6 is 0 Å². The minimum Gasteiger partial charge on any atom is -0.493 e. The number of hydrogen-bond acceptors (Lipinski definition) is 4. The SMILES string of the molecule is CCOc1cc(CNC(CN2CCCC2=O)c2cccc(C(F)(F)F)c2)ccc1OC. The number of benzene rings is 2. The summed E-state index contributed by atoms with van der Waals surface area (Å²) in [7, 11) is 1.56. The first kappa shape index (κ1) is 22.9. The van der Waals surface area contributed by atoms with Gasteiger partial charge in [-0.2, -0.15) is 13.2 Å². The van der Waals surface area contributed by atoms with Crippen molar-refractivity contribution in [2.45, 2.75) is 38.5 Å². The van der Waals surface area contributed by atoms with Crippen LogP contribution in [0.25, 0.3) is 0 Å². The third kappa shape index (κ3) is 5.91. The van der Waals surface area contributed by atoms with Crippen LogP contribution in [0.1, 0.15) is 42.5 Å². The van der Waals surface area contributed by atoms with Crippen LogP contribution in [-0.4, -0.2) is 37.6 Å². The van der Waals surface area contributed by atoms with Gasteiger partial charge in [-0.1, -0.05) is 18.2 Å². The molecule has 31 heavy (non-hydrogen) atoms. The second-order valence-electron chi connectivity index (χ2n) is 7.42. The molecule has 1 N–H and O–H groups in total. The lowest BCUT2D eigenvalue weighted by molar-refractivity contribution is -0.137. The molecule has 1 amide bonds. The van der Waals surface area contributed by atoms with Crippen molar-refractivity contribution in [2.75, 3.05) is 26.8 Å². The Kier molecular flexibility index (Phi) is 7.43. The van der Waals surface area contributed by atoms with Gasteiger partial charge in [-0.3, -0.25) is 4.79 Å². The number of hydrogen-bond donors (Lipinski definition) is 1. The summed E-state index contributed by atoms with van der Waals surface area (Å²) in [5, 5.41) is 3.33. The number of alkyl halides is 3. The summed E-state index contributed by atoms with van der Waals surface area (Å²) in [5.41, 5.74) is 0.690. The summed E-state index contributed by atoms with van der Waals surface area (Å²) >= 11 is 0. The van der Waals surface area contributed by atoms with E-state index in [0.717, 1.165) is 24.1 Å².